The van der Waals surface area contributed by atoms with Gasteiger partial charge in [0.05, 0.1) is 42.7 Å². The summed E-state index contributed by atoms with van der Waals surface area (Å²) in [4.78, 5) is 27.5. The van der Waals surface area contributed by atoms with Gasteiger partial charge in [0.25, 0.3) is 0 Å². The van der Waals surface area contributed by atoms with Gasteiger partial charge < -0.3 is 33.3 Å². The number of benzene rings is 2. The lowest BCUT2D eigenvalue weighted by Crippen LogP contribution is -2.40. The minimum absolute atomic E-state index is 0.155. The van der Waals surface area contributed by atoms with Gasteiger partial charge in [-0.15, -0.1) is 0 Å². The van der Waals surface area contributed by atoms with E-state index in [-0.39, 0.29) is 24.8 Å². The lowest BCUT2D eigenvalue weighted by molar-refractivity contribution is -0.129. The van der Waals surface area contributed by atoms with Crippen LogP contribution in [0.4, 0.5) is 0 Å². The van der Waals surface area contributed by atoms with Crippen molar-refractivity contribution in [2.75, 3.05) is 55.7 Å². The summed E-state index contributed by atoms with van der Waals surface area (Å²) in [6, 6.07) is 6.83. The molecule has 1 amide bonds. The summed E-state index contributed by atoms with van der Waals surface area (Å²) in [7, 11) is 9.18. The molecule has 192 valence electrons. The molecule has 2 aromatic rings. The molecule has 0 saturated carbocycles. The summed E-state index contributed by atoms with van der Waals surface area (Å²) < 4.78 is 32.5. The number of hydrogen-bond acceptors (Lipinski definition) is 8. The summed E-state index contributed by atoms with van der Waals surface area (Å²) in [6.07, 6.45) is 3.41. The number of carbonyl (C=O) groups is 2. The number of carbonyl (C=O) groups excluding carboxylic acids is 2. The van der Waals surface area contributed by atoms with E-state index in [0.29, 0.717) is 56.8 Å². The van der Waals surface area contributed by atoms with Crippen LogP contribution in [-0.2, 0) is 9.59 Å². The normalized spacial score (nSPS) is 15.6. The largest absolute Gasteiger partial charge is 0.496 e. The maximum Gasteiger partial charge on any atom is 0.220 e. The predicted molar refractivity (Wildman–Crippen MR) is 135 cm³/mol. The molecule has 0 unspecified atom stereocenters. The van der Waals surface area contributed by atoms with Gasteiger partial charge >= 0.3 is 0 Å². The Morgan fingerprint density at radius 3 is 1.28 bits per heavy atom. The minimum Gasteiger partial charge on any atom is -0.496 e. The number of amides is 1. The second-order valence-electron chi connectivity index (χ2n) is 7.94. The molecule has 0 spiro atoms. The molecule has 0 aliphatic carbocycles. The Labute approximate surface area is 210 Å². The molecule has 3 rings (SSSR count). The molecule has 1 fully saturated rings. The summed E-state index contributed by atoms with van der Waals surface area (Å²) in [6.45, 7) is 1.79. The highest BCUT2D eigenvalue weighted by Crippen LogP contribution is 2.38. The van der Waals surface area contributed by atoms with Gasteiger partial charge in [0, 0.05) is 54.4 Å². The smallest absolute Gasteiger partial charge is 0.220 e. The Kier molecular flexibility index (Phi) is 8.47. The van der Waals surface area contributed by atoms with E-state index in [4.69, 9.17) is 28.4 Å². The van der Waals surface area contributed by atoms with E-state index in [9.17, 15) is 9.59 Å². The summed E-state index contributed by atoms with van der Waals surface area (Å²) in [5.41, 5.74) is 2.08. The molecule has 9 heteroatoms. The van der Waals surface area contributed by atoms with E-state index >= 15 is 0 Å². The van der Waals surface area contributed by atoms with Crippen LogP contribution < -0.4 is 28.4 Å². The van der Waals surface area contributed by atoms with Crippen molar-refractivity contribution in [1.29, 1.82) is 0 Å². The number of nitrogens with zero attached hydrogens (tertiary/aromatic N) is 1. The number of hydrogen-bond donors (Lipinski definition) is 0. The monoisotopic (exact) mass is 497 g/mol. The number of methoxy groups -OCH3 is 6. The Bertz CT molecular complexity index is 1130. The van der Waals surface area contributed by atoms with E-state index in [1.807, 2.05) is 0 Å². The molecule has 0 atom stereocenters. The standard InChI is InChI=1S/C27H31NO8/c1-16(29)28-14-19(8-17-10-23(33-4)25(35-6)12-21(17)31-2)27(30)20(15-28)9-18-11-24(34-5)26(36-7)13-22(18)32-3/h8-13H,14-15H2,1-7H3/b19-8+,20-9+. The molecule has 1 saturated heterocycles. The average molecular weight is 498 g/mol. The molecular weight excluding hydrogens is 466 g/mol. The predicted octanol–water partition coefficient (Wildman–Crippen LogP) is 3.64. The molecule has 0 bridgehead atoms. The number of rotatable bonds is 8. The van der Waals surface area contributed by atoms with Crippen LogP contribution in [0.2, 0.25) is 0 Å². The zero-order chi connectivity index (χ0) is 26.4. The molecule has 1 aliphatic heterocycles. The van der Waals surface area contributed by atoms with E-state index in [1.54, 1.807) is 41.3 Å². The Balaban J connectivity index is 2.14. The quantitative estimate of drug-likeness (QED) is 0.511. The van der Waals surface area contributed by atoms with Gasteiger partial charge in [-0.25, -0.2) is 0 Å². The van der Waals surface area contributed by atoms with Crippen LogP contribution >= 0.6 is 0 Å². The van der Waals surface area contributed by atoms with E-state index < -0.39 is 0 Å². The van der Waals surface area contributed by atoms with Crippen molar-refractivity contribution in [2.45, 2.75) is 6.92 Å². The maximum absolute atomic E-state index is 13.6. The van der Waals surface area contributed by atoms with Crippen molar-refractivity contribution in [2.24, 2.45) is 0 Å². The summed E-state index contributed by atoms with van der Waals surface area (Å²) in [5.74, 6) is 2.63. The highest BCUT2D eigenvalue weighted by Gasteiger charge is 2.28. The van der Waals surface area contributed by atoms with Crippen molar-refractivity contribution in [3.63, 3.8) is 0 Å². The third kappa shape index (κ3) is 5.40. The first kappa shape index (κ1) is 26.5. The fraction of sp³-hybridized carbons (Fsp3) is 0.333. The van der Waals surface area contributed by atoms with Crippen LogP contribution in [-0.4, -0.2) is 72.3 Å². The third-order valence-corrected chi connectivity index (χ3v) is 5.88. The lowest BCUT2D eigenvalue weighted by Gasteiger charge is -2.29. The number of ketones is 1. The van der Waals surface area contributed by atoms with Crippen molar-refractivity contribution in [1.82, 2.24) is 4.90 Å². The minimum atomic E-state index is -0.193. The number of likely N-dealkylation sites (tertiary alicyclic amines) is 1. The lowest BCUT2D eigenvalue weighted by atomic mass is 9.93. The van der Waals surface area contributed by atoms with Gasteiger partial charge in [0.1, 0.15) is 11.5 Å². The fourth-order valence-electron chi connectivity index (χ4n) is 3.97. The highest BCUT2D eigenvalue weighted by molar-refractivity contribution is 6.15. The van der Waals surface area contributed by atoms with Gasteiger partial charge in [-0.05, 0) is 24.3 Å². The zero-order valence-electron chi connectivity index (χ0n) is 21.6. The van der Waals surface area contributed by atoms with Gasteiger partial charge in [-0.1, -0.05) is 0 Å². The van der Waals surface area contributed by atoms with E-state index in [2.05, 4.69) is 0 Å². The molecule has 1 heterocycles. The van der Waals surface area contributed by atoms with Crippen LogP contribution in [0, 0.1) is 0 Å². The van der Waals surface area contributed by atoms with Crippen LogP contribution in [0.3, 0.4) is 0 Å². The first-order chi connectivity index (χ1) is 17.3. The third-order valence-electron chi connectivity index (χ3n) is 5.88. The van der Waals surface area contributed by atoms with Gasteiger partial charge in [-0.3, -0.25) is 9.59 Å². The zero-order valence-corrected chi connectivity index (χ0v) is 21.6. The first-order valence-electron chi connectivity index (χ1n) is 11.1. The Hall–Kier alpha value is -4.14. The van der Waals surface area contributed by atoms with Crippen LogP contribution in [0.5, 0.6) is 34.5 Å². The molecule has 0 aromatic heterocycles. The average Bonchev–Trinajstić information content (AvgIpc) is 2.89. The summed E-state index contributed by atoms with van der Waals surface area (Å²) >= 11 is 0. The van der Waals surface area contributed by atoms with E-state index in [1.165, 1.54) is 49.6 Å². The number of ether oxygens (including phenoxy) is 6. The maximum atomic E-state index is 13.6. The van der Waals surface area contributed by atoms with Crippen molar-refractivity contribution in [3.05, 3.63) is 46.5 Å². The molecule has 2 aromatic carbocycles. The first-order valence-corrected chi connectivity index (χ1v) is 11.1. The topological polar surface area (TPSA) is 92.8 Å². The second kappa shape index (κ2) is 11.5. The Morgan fingerprint density at radius 1 is 0.639 bits per heavy atom. The van der Waals surface area contributed by atoms with Gasteiger partial charge in [0.2, 0.25) is 5.91 Å². The molecule has 36 heavy (non-hydrogen) atoms. The van der Waals surface area contributed by atoms with E-state index in [0.717, 1.165) is 0 Å². The molecular formula is C27H31NO8. The van der Waals surface area contributed by atoms with Crippen LogP contribution in [0.15, 0.2) is 35.4 Å². The number of Topliss-reactive ketones (excluding diaryl/α,β-unsaturated/α-hetero) is 1. The van der Waals surface area contributed by atoms with Crippen molar-refractivity contribution < 1.29 is 38.0 Å². The van der Waals surface area contributed by atoms with Gasteiger partial charge in [0.15, 0.2) is 28.8 Å². The second-order valence-corrected chi connectivity index (χ2v) is 7.94. The molecule has 0 radical (unpaired) electrons. The van der Waals surface area contributed by atoms with Crippen LogP contribution in [0.25, 0.3) is 12.2 Å². The molecule has 0 N–H and O–H groups in total. The highest BCUT2D eigenvalue weighted by atomic mass is 16.5. The fourth-order valence-corrected chi connectivity index (χ4v) is 3.97. The van der Waals surface area contributed by atoms with Crippen molar-refractivity contribution >= 4 is 23.8 Å². The summed E-state index contributed by atoms with van der Waals surface area (Å²) in [5, 5.41) is 0. The SMILES string of the molecule is COc1cc(OC)c(OC)cc1/C=C1\CN(C(C)=O)C/C(=C\c2cc(OC)c(OC)cc2OC)C1=O. The molecule has 1 aliphatic rings. The Morgan fingerprint density at radius 2 is 0.972 bits per heavy atom. The van der Waals surface area contributed by atoms with Crippen LogP contribution in [0.1, 0.15) is 18.1 Å². The number of piperidine rings is 1. The molecule has 9 nitrogen and oxygen atoms in total. The van der Waals surface area contributed by atoms with Crippen molar-refractivity contribution in [3.8, 4) is 34.5 Å². The van der Waals surface area contributed by atoms with Gasteiger partial charge in [-0.2, -0.15) is 0 Å².